The molecule has 0 aliphatic carbocycles. The molecule has 5 nitrogen and oxygen atoms in total. The number of nitrogens with one attached hydrogen (secondary N) is 1. The van der Waals surface area contributed by atoms with Gasteiger partial charge in [0.15, 0.2) is 0 Å². The zero-order valence-corrected chi connectivity index (χ0v) is 20.7. The van der Waals surface area contributed by atoms with E-state index in [4.69, 9.17) is 10.7 Å². The van der Waals surface area contributed by atoms with Crippen LogP contribution in [0.25, 0.3) is 0 Å². The lowest BCUT2D eigenvalue weighted by atomic mass is 9.80. The van der Waals surface area contributed by atoms with E-state index in [9.17, 15) is 8.78 Å². The second-order valence-corrected chi connectivity index (χ2v) is 10.4. The monoisotopic (exact) mass is 473 g/mol. The topological polar surface area (TPSA) is 67.1 Å². The molecule has 0 saturated carbocycles. The largest absolute Gasteiger partial charge is 0.351 e. The van der Waals surface area contributed by atoms with Gasteiger partial charge in [-0.1, -0.05) is 45.0 Å². The van der Waals surface area contributed by atoms with Crippen molar-refractivity contribution in [1.29, 1.82) is 0 Å². The SMILES string of the molecule is CC(C)Nc1nsc(N(CC(C)(C)c2ccc(F)cc2)CC(C)(CN)c2ccc(F)cc2)n1. The Morgan fingerprint density at radius 2 is 1.48 bits per heavy atom. The number of hydrogen-bond acceptors (Lipinski definition) is 6. The average Bonchev–Trinajstić information content (AvgIpc) is 3.21. The minimum Gasteiger partial charge on any atom is -0.351 e. The summed E-state index contributed by atoms with van der Waals surface area (Å²) in [6.45, 7) is 12.0. The van der Waals surface area contributed by atoms with E-state index in [0.717, 1.165) is 16.3 Å². The highest BCUT2D eigenvalue weighted by Crippen LogP contribution is 2.33. The Morgan fingerprint density at radius 1 is 0.939 bits per heavy atom. The van der Waals surface area contributed by atoms with Gasteiger partial charge in [0.2, 0.25) is 11.1 Å². The third-order valence-corrected chi connectivity index (χ3v) is 6.62. The van der Waals surface area contributed by atoms with Gasteiger partial charge in [-0.15, -0.1) is 0 Å². The number of anilines is 2. The van der Waals surface area contributed by atoms with Crippen LogP contribution >= 0.6 is 11.5 Å². The zero-order chi connectivity index (χ0) is 24.2. The fourth-order valence-electron chi connectivity index (χ4n) is 3.87. The Bertz CT molecular complexity index is 1030. The molecule has 0 aliphatic heterocycles. The van der Waals surface area contributed by atoms with Crippen LogP contribution in [0.3, 0.4) is 0 Å². The summed E-state index contributed by atoms with van der Waals surface area (Å²) in [6, 6.07) is 13.3. The number of nitrogens with zero attached hydrogens (tertiary/aromatic N) is 3. The van der Waals surface area contributed by atoms with E-state index >= 15 is 0 Å². The molecule has 1 unspecified atom stereocenters. The van der Waals surface area contributed by atoms with Gasteiger partial charge in [-0.25, -0.2) is 8.78 Å². The molecule has 3 aromatic rings. The Hall–Kier alpha value is -2.58. The lowest BCUT2D eigenvalue weighted by Gasteiger charge is -2.39. The summed E-state index contributed by atoms with van der Waals surface area (Å²) in [5.41, 5.74) is 7.50. The van der Waals surface area contributed by atoms with Crippen LogP contribution in [-0.2, 0) is 10.8 Å². The molecule has 178 valence electrons. The molecule has 0 spiro atoms. The summed E-state index contributed by atoms with van der Waals surface area (Å²) < 4.78 is 31.6. The van der Waals surface area contributed by atoms with Gasteiger partial charge in [-0.3, -0.25) is 0 Å². The van der Waals surface area contributed by atoms with E-state index in [0.29, 0.717) is 25.6 Å². The van der Waals surface area contributed by atoms with Crippen molar-refractivity contribution < 1.29 is 8.78 Å². The van der Waals surface area contributed by atoms with Crippen molar-refractivity contribution in [3.8, 4) is 0 Å². The lowest BCUT2D eigenvalue weighted by Crippen LogP contribution is -2.48. The van der Waals surface area contributed by atoms with Crippen molar-refractivity contribution in [3.05, 3.63) is 71.3 Å². The first kappa shape index (κ1) is 25.1. The second kappa shape index (κ2) is 10.1. The summed E-state index contributed by atoms with van der Waals surface area (Å²) in [4.78, 5) is 6.91. The molecule has 2 aromatic carbocycles. The van der Waals surface area contributed by atoms with E-state index in [1.54, 1.807) is 12.1 Å². The highest BCUT2D eigenvalue weighted by Gasteiger charge is 2.33. The van der Waals surface area contributed by atoms with Crippen LogP contribution in [0.2, 0.25) is 0 Å². The van der Waals surface area contributed by atoms with Crippen LogP contribution in [0.5, 0.6) is 0 Å². The predicted octanol–water partition coefficient (Wildman–Crippen LogP) is 5.34. The van der Waals surface area contributed by atoms with Crippen LogP contribution in [0.1, 0.15) is 45.7 Å². The van der Waals surface area contributed by atoms with Crippen LogP contribution in [0.4, 0.5) is 19.9 Å². The highest BCUT2D eigenvalue weighted by atomic mass is 32.1. The Balaban J connectivity index is 1.96. The smallest absolute Gasteiger partial charge is 0.236 e. The molecule has 0 fully saturated rings. The molecule has 1 atom stereocenters. The van der Waals surface area contributed by atoms with Gasteiger partial charge in [-0.2, -0.15) is 9.36 Å². The third kappa shape index (κ3) is 6.26. The number of nitrogens with two attached hydrogens (primary N) is 1. The molecule has 1 aromatic heterocycles. The molecule has 0 radical (unpaired) electrons. The van der Waals surface area contributed by atoms with E-state index < -0.39 is 5.41 Å². The lowest BCUT2D eigenvalue weighted by molar-refractivity contribution is 0.434. The molecular weight excluding hydrogens is 440 g/mol. The molecule has 0 aliphatic rings. The summed E-state index contributed by atoms with van der Waals surface area (Å²) in [7, 11) is 0. The highest BCUT2D eigenvalue weighted by molar-refractivity contribution is 7.09. The quantitative estimate of drug-likeness (QED) is 0.416. The predicted molar refractivity (Wildman–Crippen MR) is 133 cm³/mol. The van der Waals surface area contributed by atoms with Crippen molar-refractivity contribution in [2.45, 2.75) is 51.5 Å². The van der Waals surface area contributed by atoms with Crippen LogP contribution in [0, 0.1) is 11.6 Å². The standard InChI is InChI=1S/C25H33F2N5S/c1-17(2)29-22-30-23(33-31-22)32(15-24(3,4)18-6-10-20(26)11-7-18)16-25(5,14-28)19-8-12-21(27)13-9-19/h6-13,17H,14-16,28H2,1-5H3,(H,29,31). The van der Waals surface area contributed by atoms with Crippen LogP contribution in [0.15, 0.2) is 48.5 Å². The molecule has 33 heavy (non-hydrogen) atoms. The first-order valence-corrected chi connectivity index (χ1v) is 11.9. The second-order valence-electron chi connectivity index (χ2n) is 9.72. The number of rotatable bonds is 10. The van der Waals surface area contributed by atoms with E-state index in [1.807, 2.05) is 26.0 Å². The molecule has 1 heterocycles. The number of benzene rings is 2. The van der Waals surface area contributed by atoms with Gasteiger partial charge < -0.3 is 16.0 Å². The summed E-state index contributed by atoms with van der Waals surface area (Å²) in [5, 5.41) is 4.02. The maximum absolute atomic E-state index is 13.6. The molecule has 0 amide bonds. The molecule has 8 heteroatoms. The first-order valence-electron chi connectivity index (χ1n) is 11.1. The number of aromatic nitrogens is 2. The first-order chi connectivity index (χ1) is 15.5. The van der Waals surface area contributed by atoms with Gasteiger partial charge >= 0.3 is 0 Å². The van der Waals surface area contributed by atoms with Crippen LogP contribution in [-0.4, -0.2) is 35.0 Å². The molecule has 0 saturated heterocycles. The van der Waals surface area contributed by atoms with E-state index in [2.05, 4.69) is 35.4 Å². The van der Waals surface area contributed by atoms with Crippen molar-refractivity contribution in [2.24, 2.45) is 5.73 Å². The van der Waals surface area contributed by atoms with E-state index in [-0.39, 0.29) is 23.1 Å². The maximum atomic E-state index is 13.6. The molecule has 3 rings (SSSR count). The molecular formula is C25H33F2N5S. The maximum Gasteiger partial charge on any atom is 0.236 e. The summed E-state index contributed by atoms with van der Waals surface area (Å²) >= 11 is 1.33. The van der Waals surface area contributed by atoms with Gasteiger partial charge in [0.05, 0.1) is 0 Å². The van der Waals surface area contributed by atoms with Gasteiger partial charge in [0.1, 0.15) is 11.6 Å². The van der Waals surface area contributed by atoms with Crippen molar-refractivity contribution in [1.82, 2.24) is 9.36 Å². The van der Waals surface area contributed by atoms with Gasteiger partial charge in [0, 0.05) is 48.0 Å². The molecule has 0 bridgehead atoms. The van der Waals surface area contributed by atoms with E-state index in [1.165, 1.54) is 35.8 Å². The van der Waals surface area contributed by atoms with Crippen LogP contribution < -0.4 is 16.0 Å². The fourth-order valence-corrected chi connectivity index (χ4v) is 4.50. The molecule has 3 N–H and O–H groups in total. The summed E-state index contributed by atoms with van der Waals surface area (Å²) in [6.07, 6.45) is 0. The normalized spacial score (nSPS) is 13.7. The minimum atomic E-state index is -0.441. The summed E-state index contributed by atoms with van der Waals surface area (Å²) in [5.74, 6) is 0.0544. The van der Waals surface area contributed by atoms with Crippen molar-refractivity contribution in [2.75, 3.05) is 29.9 Å². The number of hydrogen-bond donors (Lipinski definition) is 2. The number of halogens is 2. The van der Waals surface area contributed by atoms with Crippen molar-refractivity contribution in [3.63, 3.8) is 0 Å². The Morgan fingerprint density at radius 3 is 2.00 bits per heavy atom. The Labute approximate surface area is 199 Å². The fraction of sp³-hybridized carbons (Fsp3) is 0.440. The van der Waals surface area contributed by atoms with Crippen molar-refractivity contribution >= 4 is 22.6 Å². The Kier molecular flexibility index (Phi) is 7.69. The average molecular weight is 474 g/mol. The zero-order valence-electron chi connectivity index (χ0n) is 19.9. The minimum absolute atomic E-state index is 0.213. The van der Waals surface area contributed by atoms with Gasteiger partial charge in [0.25, 0.3) is 0 Å². The third-order valence-electron chi connectivity index (χ3n) is 5.85. The van der Waals surface area contributed by atoms with Gasteiger partial charge in [-0.05, 0) is 49.2 Å².